The molecule has 1 atom stereocenters. The molecule has 0 aromatic rings. The van der Waals surface area contributed by atoms with Crippen LogP contribution in [0.15, 0.2) is 34.4 Å². The first-order valence-corrected chi connectivity index (χ1v) is 10.8. The number of unbranched alkanes of at least 4 members (excludes halogenated alkanes) is 1. The minimum atomic E-state index is -0.908. The lowest BCUT2D eigenvalue weighted by Crippen LogP contribution is -2.64. The maximum Gasteiger partial charge on any atom is 0.318 e. The molecule has 0 spiro atoms. The predicted molar refractivity (Wildman–Crippen MR) is 118 cm³/mol. The summed E-state index contributed by atoms with van der Waals surface area (Å²) in [6.07, 6.45) is 6.31. The van der Waals surface area contributed by atoms with Gasteiger partial charge in [-0.3, -0.25) is 9.59 Å². The smallest absolute Gasteiger partial charge is 0.318 e. The molecule has 0 aromatic carbocycles. The zero-order valence-corrected chi connectivity index (χ0v) is 19.6. The van der Waals surface area contributed by atoms with Gasteiger partial charge < -0.3 is 14.8 Å². The number of nitrogens with one attached hydrogen (secondary N) is 1. The number of allylic oxidation sites excluding steroid dienone is 3. The van der Waals surface area contributed by atoms with E-state index in [0.717, 1.165) is 18.4 Å². The maximum absolute atomic E-state index is 13.0. The Balaban J connectivity index is 3.15. The predicted octanol–water partition coefficient (Wildman–Crippen LogP) is 5.23. The number of hydrogen-bond donors (Lipinski definition) is 1. The lowest BCUT2D eigenvalue weighted by atomic mass is 9.85. The van der Waals surface area contributed by atoms with E-state index in [2.05, 4.69) is 18.8 Å². The van der Waals surface area contributed by atoms with Crippen molar-refractivity contribution in [1.82, 2.24) is 5.32 Å². The Morgan fingerprint density at radius 3 is 2.28 bits per heavy atom. The van der Waals surface area contributed by atoms with Gasteiger partial charge in [0, 0.05) is 10.1 Å². The summed E-state index contributed by atoms with van der Waals surface area (Å²) < 4.78 is 10.8. The molecule has 1 aliphatic rings. The first-order valence-electron chi connectivity index (χ1n) is 10.00. The minimum Gasteiger partial charge on any atom is -0.459 e. The van der Waals surface area contributed by atoms with Crippen LogP contribution in [0.4, 0.5) is 0 Å². The SMILES string of the molecule is C=C(Cl)/C=C\C(=C(\Cl)CCCC)C1(NC(=O)C(CC)C(=O)OC(C)(C)C)COC1. The van der Waals surface area contributed by atoms with Crippen molar-refractivity contribution in [2.45, 2.75) is 71.4 Å². The molecule has 0 aliphatic carbocycles. The molecule has 1 fully saturated rings. The van der Waals surface area contributed by atoms with Crippen LogP contribution in [0.5, 0.6) is 0 Å². The van der Waals surface area contributed by atoms with E-state index in [9.17, 15) is 9.59 Å². The van der Waals surface area contributed by atoms with E-state index in [4.69, 9.17) is 32.7 Å². The van der Waals surface area contributed by atoms with Crippen LogP contribution >= 0.6 is 23.2 Å². The van der Waals surface area contributed by atoms with Gasteiger partial charge in [0.15, 0.2) is 0 Å². The van der Waals surface area contributed by atoms with Gasteiger partial charge in [-0.2, -0.15) is 0 Å². The van der Waals surface area contributed by atoms with Gasteiger partial charge in [-0.05, 0) is 51.7 Å². The fourth-order valence-electron chi connectivity index (χ4n) is 2.91. The van der Waals surface area contributed by atoms with E-state index in [1.165, 1.54) is 0 Å². The average molecular weight is 446 g/mol. The molecule has 5 nitrogen and oxygen atoms in total. The van der Waals surface area contributed by atoms with Gasteiger partial charge in [0.05, 0.1) is 13.2 Å². The van der Waals surface area contributed by atoms with Crippen LogP contribution in [-0.2, 0) is 19.1 Å². The molecule has 1 N–H and O–H groups in total. The Labute approximate surface area is 184 Å². The monoisotopic (exact) mass is 445 g/mol. The van der Waals surface area contributed by atoms with E-state index in [1.54, 1.807) is 39.8 Å². The van der Waals surface area contributed by atoms with Crippen molar-refractivity contribution in [3.8, 4) is 0 Å². The first kappa shape index (κ1) is 25.7. The van der Waals surface area contributed by atoms with E-state index in [1.807, 2.05) is 0 Å². The van der Waals surface area contributed by atoms with Gasteiger partial charge in [-0.25, -0.2) is 0 Å². The maximum atomic E-state index is 13.0. The van der Waals surface area contributed by atoms with Crippen LogP contribution in [0.3, 0.4) is 0 Å². The fourth-order valence-corrected chi connectivity index (χ4v) is 3.35. The average Bonchev–Trinajstić information content (AvgIpc) is 2.56. The quantitative estimate of drug-likeness (QED) is 0.284. The van der Waals surface area contributed by atoms with Crippen molar-refractivity contribution in [1.29, 1.82) is 0 Å². The Kier molecular flexibility index (Phi) is 9.93. The molecule has 1 saturated heterocycles. The van der Waals surface area contributed by atoms with Crippen LogP contribution in [-0.4, -0.2) is 36.2 Å². The van der Waals surface area contributed by atoms with Crippen LogP contribution < -0.4 is 5.32 Å². The van der Waals surface area contributed by atoms with Crippen molar-refractivity contribution >= 4 is 35.1 Å². The minimum absolute atomic E-state index is 0.264. The second kappa shape index (κ2) is 11.2. The van der Waals surface area contributed by atoms with Gasteiger partial charge in [-0.1, -0.05) is 56.1 Å². The number of ether oxygens (including phenoxy) is 2. The first-order chi connectivity index (χ1) is 13.5. The Morgan fingerprint density at radius 2 is 1.86 bits per heavy atom. The standard InChI is InChI=1S/C22H33Cl2NO4/c1-7-9-10-18(24)17(12-11-15(3)23)22(13-28-14-22)25-19(26)16(8-2)20(27)29-21(4,5)6/h11-12,16H,3,7-10,13-14H2,1-2,4-6H3,(H,25,26)/b12-11-,18-17-. The Morgan fingerprint density at radius 1 is 1.24 bits per heavy atom. The van der Waals surface area contributed by atoms with Crippen molar-refractivity contribution in [3.63, 3.8) is 0 Å². The summed E-state index contributed by atoms with van der Waals surface area (Å²) in [6, 6.07) is 0. The van der Waals surface area contributed by atoms with Gasteiger partial charge in [-0.15, -0.1) is 0 Å². The molecule has 29 heavy (non-hydrogen) atoms. The summed E-state index contributed by atoms with van der Waals surface area (Å²) in [6.45, 7) is 13.4. The number of hydrogen-bond acceptors (Lipinski definition) is 4. The molecule has 1 unspecified atom stereocenters. The second-order valence-electron chi connectivity index (χ2n) is 8.26. The van der Waals surface area contributed by atoms with Crippen LogP contribution in [0, 0.1) is 5.92 Å². The largest absolute Gasteiger partial charge is 0.459 e. The van der Waals surface area contributed by atoms with Crippen molar-refractivity contribution in [3.05, 3.63) is 34.4 Å². The van der Waals surface area contributed by atoms with Gasteiger partial charge >= 0.3 is 5.97 Å². The van der Waals surface area contributed by atoms with Gasteiger partial charge in [0.2, 0.25) is 5.91 Å². The van der Waals surface area contributed by atoms with Crippen molar-refractivity contribution in [2.24, 2.45) is 5.92 Å². The zero-order chi connectivity index (χ0) is 22.2. The molecular weight excluding hydrogens is 413 g/mol. The molecule has 1 heterocycles. The number of carbonyl (C=O) groups excluding carboxylic acids is 2. The lowest BCUT2D eigenvalue weighted by Gasteiger charge is -2.44. The van der Waals surface area contributed by atoms with E-state index in [0.29, 0.717) is 22.9 Å². The molecule has 1 rings (SSSR count). The number of esters is 1. The van der Waals surface area contributed by atoms with Crippen molar-refractivity contribution < 1.29 is 19.1 Å². The molecular formula is C22H33Cl2NO4. The van der Waals surface area contributed by atoms with Crippen LogP contribution in [0.2, 0.25) is 0 Å². The third kappa shape index (κ3) is 7.80. The Hall–Kier alpha value is -1.30. The highest BCUT2D eigenvalue weighted by Crippen LogP contribution is 2.34. The zero-order valence-electron chi connectivity index (χ0n) is 18.1. The number of halogens is 2. The fraction of sp³-hybridized carbons (Fsp3) is 0.636. The highest BCUT2D eigenvalue weighted by Gasteiger charge is 2.45. The highest BCUT2D eigenvalue weighted by atomic mass is 35.5. The molecule has 164 valence electrons. The molecule has 7 heteroatoms. The molecule has 1 amide bonds. The number of rotatable bonds is 10. The molecule has 0 bridgehead atoms. The van der Waals surface area contributed by atoms with E-state index in [-0.39, 0.29) is 13.2 Å². The summed E-state index contributed by atoms with van der Waals surface area (Å²) in [5.74, 6) is -1.85. The lowest BCUT2D eigenvalue weighted by molar-refractivity contribution is -0.163. The van der Waals surface area contributed by atoms with Gasteiger partial charge in [0.1, 0.15) is 17.1 Å². The molecule has 0 saturated carbocycles. The van der Waals surface area contributed by atoms with E-state index < -0.39 is 28.9 Å². The van der Waals surface area contributed by atoms with Crippen molar-refractivity contribution in [2.75, 3.05) is 13.2 Å². The number of carbonyl (C=O) groups is 2. The van der Waals surface area contributed by atoms with Crippen LogP contribution in [0.25, 0.3) is 0 Å². The third-order valence-corrected chi connectivity index (χ3v) is 4.98. The van der Waals surface area contributed by atoms with E-state index >= 15 is 0 Å². The summed E-state index contributed by atoms with van der Waals surface area (Å²) in [7, 11) is 0. The summed E-state index contributed by atoms with van der Waals surface area (Å²) in [5.41, 5.74) is -0.742. The summed E-state index contributed by atoms with van der Waals surface area (Å²) in [4.78, 5) is 25.5. The molecule has 0 radical (unpaired) electrons. The van der Waals surface area contributed by atoms with Gasteiger partial charge in [0.25, 0.3) is 0 Å². The number of amides is 1. The normalized spacial score (nSPS) is 17.9. The Bertz CT molecular complexity index is 673. The molecule has 0 aromatic heterocycles. The highest BCUT2D eigenvalue weighted by molar-refractivity contribution is 6.31. The third-order valence-electron chi connectivity index (χ3n) is 4.46. The summed E-state index contributed by atoms with van der Waals surface area (Å²) in [5, 5.41) is 3.98. The molecule has 1 aliphatic heterocycles. The summed E-state index contributed by atoms with van der Waals surface area (Å²) >= 11 is 12.5. The second-order valence-corrected chi connectivity index (χ2v) is 9.20. The topological polar surface area (TPSA) is 64.6 Å². The van der Waals surface area contributed by atoms with Crippen LogP contribution in [0.1, 0.15) is 60.3 Å².